The average molecular weight is 832 g/mol. The Balaban J connectivity index is 1.34. The van der Waals surface area contributed by atoms with Crippen molar-refractivity contribution in [2.75, 3.05) is 19.6 Å². The fourth-order valence-electron chi connectivity index (χ4n) is 9.15. The number of hydrogen-bond acceptors (Lipinski definition) is 8. The van der Waals surface area contributed by atoms with E-state index in [9.17, 15) is 19.5 Å². The summed E-state index contributed by atoms with van der Waals surface area (Å²) in [6, 6.07) is 24.3. The van der Waals surface area contributed by atoms with Crippen LogP contribution in [0.2, 0.25) is 10.0 Å². The molecule has 0 radical (unpaired) electrons. The molecule has 0 unspecified atom stereocenters. The predicted octanol–water partition coefficient (Wildman–Crippen LogP) is 7.66. The van der Waals surface area contributed by atoms with Crippen molar-refractivity contribution in [3.63, 3.8) is 0 Å². The molecule has 0 spiro atoms. The van der Waals surface area contributed by atoms with Gasteiger partial charge in [-0.3, -0.25) is 29.5 Å². The molecule has 2 heterocycles. The number of ether oxygens (including phenoxy) is 2. The Morgan fingerprint density at radius 2 is 1.63 bits per heavy atom. The minimum absolute atomic E-state index is 0.0801. The third-order valence-corrected chi connectivity index (χ3v) is 12.5. The van der Waals surface area contributed by atoms with Crippen molar-refractivity contribution in [1.29, 1.82) is 0 Å². The molecule has 4 aliphatic rings. The van der Waals surface area contributed by atoms with Crippen molar-refractivity contribution in [3.8, 4) is 17.2 Å². The van der Waals surface area contributed by atoms with Crippen LogP contribution in [0.25, 0.3) is 0 Å². The van der Waals surface area contributed by atoms with E-state index in [0.717, 1.165) is 10.6 Å². The van der Waals surface area contributed by atoms with Gasteiger partial charge in [-0.2, -0.15) is 5.01 Å². The van der Waals surface area contributed by atoms with Crippen molar-refractivity contribution >= 4 is 68.4 Å². The fourth-order valence-corrected chi connectivity index (χ4v) is 10.1. The van der Waals surface area contributed by atoms with E-state index in [1.165, 1.54) is 25.2 Å². The lowest BCUT2D eigenvalue weighted by molar-refractivity contribution is -0.142. The van der Waals surface area contributed by atoms with Crippen molar-refractivity contribution in [1.82, 2.24) is 9.91 Å². The Hall–Kier alpha value is -4.84. The number of benzene rings is 4. The summed E-state index contributed by atoms with van der Waals surface area (Å²) in [5, 5.41) is 13.5. The van der Waals surface area contributed by atoms with Gasteiger partial charge in [-0.15, -0.1) is 0 Å². The van der Waals surface area contributed by atoms with E-state index < -0.39 is 46.8 Å². The van der Waals surface area contributed by atoms with E-state index in [1.807, 2.05) is 36.4 Å². The number of halogens is 3. The quantitative estimate of drug-likeness (QED) is 0.137. The Morgan fingerprint density at radius 1 is 0.889 bits per heavy atom. The van der Waals surface area contributed by atoms with Gasteiger partial charge in [-0.05, 0) is 72.4 Å². The van der Waals surface area contributed by atoms with Gasteiger partial charge < -0.3 is 14.6 Å². The molecule has 2 aliphatic carbocycles. The Labute approximate surface area is 329 Å². The summed E-state index contributed by atoms with van der Waals surface area (Å²) in [6.07, 6.45) is 2.26. The molecule has 1 saturated carbocycles. The number of imide groups is 2. The highest BCUT2D eigenvalue weighted by Gasteiger charge is 2.70. The summed E-state index contributed by atoms with van der Waals surface area (Å²) >= 11 is 16.3. The second kappa shape index (κ2) is 13.8. The first kappa shape index (κ1) is 36.2. The Kier molecular flexibility index (Phi) is 9.23. The monoisotopic (exact) mass is 829 g/mol. The van der Waals surface area contributed by atoms with Crippen LogP contribution in [0.3, 0.4) is 0 Å². The fraction of sp³-hybridized carbons (Fsp3) is 0.268. The smallest absolute Gasteiger partial charge is 0.260 e. The second-order valence-electron chi connectivity index (χ2n) is 14.0. The number of allylic oxidation sites excluding steroid dienone is 2. The largest absolute Gasteiger partial charge is 0.504 e. The number of methoxy groups -OCH3 is 2. The molecular weight excluding hydrogens is 797 g/mol. The molecule has 2 saturated heterocycles. The highest BCUT2D eigenvalue weighted by molar-refractivity contribution is 9.10. The highest BCUT2D eigenvalue weighted by atomic mass is 79.9. The molecule has 4 aromatic carbocycles. The lowest BCUT2D eigenvalue weighted by Gasteiger charge is -2.50. The number of carbonyl (C=O) groups is 4. The minimum Gasteiger partial charge on any atom is -0.504 e. The topological polar surface area (TPSA) is 125 Å². The number of aromatic hydroxyl groups is 1. The molecule has 4 amide bonds. The van der Waals surface area contributed by atoms with Crippen molar-refractivity contribution in [3.05, 3.63) is 128 Å². The molecule has 2 N–H and O–H groups in total. The number of phenols is 1. The van der Waals surface area contributed by atoms with Gasteiger partial charge in [0.15, 0.2) is 11.5 Å². The summed E-state index contributed by atoms with van der Waals surface area (Å²) in [5.41, 5.74) is 3.94. The number of anilines is 1. The van der Waals surface area contributed by atoms with Gasteiger partial charge in [0.1, 0.15) is 5.75 Å². The summed E-state index contributed by atoms with van der Waals surface area (Å²) in [4.78, 5) is 60.3. The lowest BCUT2D eigenvalue weighted by atomic mass is 9.49. The van der Waals surface area contributed by atoms with Gasteiger partial charge in [-0.25, -0.2) is 0 Å². The molecule has 54 heavy (non-hydrogen) atoms. The van der Waals surface area contributed by atoms with Crippen LogP contribution in [-0.2, 0) is 31.1 Å². The molecule has 13 heteroatoms. The van der Waals surface area contributed by atoms with Gasteiger partial charge in [0.2, 0.25) is 11.8 Å². The summed E-state index contributed by atoms with van der Waals surface area (Å²) in [7, 11) is 2.96. The first-order valence-corrected chi connectivity index (χ1v) is 18.9. The molecule has 3 fully saturated rings. The van der Waals surface area contributed by atoms with Crippen LogP contribution in [0.1, 0.15) is 35.4 Å². The second-order valence-corrected chi connectivity index (χ2v) is 15.8. The van der Waals surface area contributed by atoms with Gasteiger partial charge in [-0.1, -0.05) is 93.2 Å². The SMILES string of the molecule is COc1ccc([C@@]23C(=O)N(Nc4ccc(Cl)cc4Cl)C(=O)[C@@H]2C[C@@H]2C(=CC[C@@H]4C(=O)N(Cc5ccccc5)C(=O)[C@@H]42)[C@@H]3c2cc(Br)cc(OC)c2O)cc1. The summed E-state index contributed by atoms with van der Waals surface area (Å²) in [5.74, 6) is -5.36. The predicted molar refractivity (Wildman–Crippen MR) is 205 cm³/mol. The van der Waals surface area contributed by atoms with Crippen LogP contribution in [0.4, 0.5) is 5.69 Å². The zero-order chi connectivity index (χ0) is 38.1. The molecule has 0 aromatic heterocycles. The standard InChI is InChI=1S/C41H34BrCl2N3O7/c1-53-25-11-8-22(9-12-25)41-30(38(50)47(40(41)52)45-32-15-10-24(43)18-31(32)44)19-28-26(35(41)29-16-23(42)17-33(54-2)36(29)48)13-14-27-34(28)39(51)46(37(27)49)20-21-6-4-3-5-7-21/h3-13,15-18,27-28,30,34-35,45,48H,14,19-20H2,1-2H3/t27-,28+,30-,34-,35+,41+/m0/s1. The van der Waals surface area contributed by atoms with Crippen LogP contribution < -0.4 is 14.9 Å². The third-order valence-electron chi connectivity index (χ3n) is 11.5. The van der Waals surface area contributed by atoms with Crippen LogP contribution in [0.5, 0.6) is 17.2 Å². The number of likely N-dealkylation sites (tertiary alicyclic amines) is 1. The van der Waals surface area contributed by atoms with Gasteiger partial charge in [0, 0.05) is 21.0 Å². The van der Waals surface area contributed by atoms with E-state index in [0.29, 0.717) is 31.9 Å². The normalized spacial score (nSPS) is 25.9. The molecule has 8 rings (SSSR count). The molecule has 10 nitrogen and oxygen atoms in total. The number of fused-ring (bicyclic) bond motifs is 4. The maximum atomic E-state index is 15.5. The third kappa shape index (κ3) is 5.50. The van der Waals surface area contributed by atoms with E-state index in [-0.39, 0.29) is 53.4 Å². The molecule has 276 valence electrons. The van der Waals surface area contributed by atoms with Crippen LogP contribution in [0, 0.1) is 23.7 Å². The first-order valence-electron chi connectivity index (χ1n) is 17.4. The van der Waals surface area contributed by atoms with Gasteiger partial charge in [0.05, 0.1) is 54.6 Å². The van der Waals surface area contributed by atoms with Crippen molar-refractivity contribution in [2.45, 2.75) is 30.7 Å². The van der Waals surface area contributed by atoms with E-state index in [4.69, 9.17) is 32.7 Å². The first-order chi connectivity index (χ1) is 26.0. The molecule has 2 aliphatic heterocycles. The maximum absolute atomic E-state index is 15.5. The Morgan fingerprint density at radius 3 is 2.31 bits per heavy atom. The molecule has 6 atom stereocenters. The molecular formula is C41H34BrCl2N3O7. The number of phenolic OH excluding ortho intramolecular Hbond substituents is 1. The van der Waals surface area contributed by atoms with Gasteiger partial charge in [0.25, 0.3) is 11.8 Å². The number of rotatable bonds is 8. The van der Waals surface area contributed by atoms with Crippen LogP contribution in [-0.4, -0.2) is 52.9 Å². The van der Waals surface area contributed by atoms with E-state index in [1.54, 1.807) is 48.5 Å². The van der Waals surface area contributed by atoms with Crippen LogP contribution >= 0.6 is 39.1 Å². The number of carbonyl (C=O) groups excluding carboxylic acids is 4. The number of nitrogens with zero attached hydrogens (tertiary/aromatic N) is 2. The van der Waals surface area contributed by atoms with Crippen molar-refractivity contribution in [2.24, 2.45) is 23.7 Å². The van der Waals surface area contributed by atoms with Crippen molar-refractivity contribution < 1.29 is 33.8 Å². The number of hydrogen-bond donors (Lipinski definition) is 2. The summed E-state index contributed by atoms with van der Waals surface area (Å²) in [6.45, 7) is 0.122. The number of nitrogens with one attached hydrogen (secondary N) is 1. The molecule has 4 aromatic rings. The molecule has 0 bridgehead atoms. The number of amides is 4. The highest BCUT2D eigenvalue weighted by Crippen LogP contribution is 2.65. The summed E-state index contributed by atoms with van der Waals surface area (Å²) < 4.78 is 11.6. The number of hydrazine groups is 1. The minimum atomic E-state index is -1.65. The Bertz CT molecular complexity index is 2250. The maximum Gasteiger partial charge on any atom is 0.260 e. The van der Waals surface area contributed by atoms with Crippen LogP contribution in [0.15, 0.2) is 101 Å². The van der Waals surface area contributed by atoms with E-state index >= 15 is 4.79 Å². The zero-order valence-electron chi connectivity index (χ0n) is 29.1. The van der Waals surface area contributed by atoms with E-state index in [2.05, 4.69) is 21.4 Å². The van der Waals surface area contributed by atoms with Gasteiger partial charge >= 0.3 is 0 Å². The average Bonchev–Trinajstić information content (AvgIpc) is 3.54. The lowest BCUT2D eigenvalue weighted by Crippen LogP contribution is -2.53. The zero-order valence-corrected chi connectivity index (χ0v) is 32.2.